The van der Waals surface area contributed by atoms with Crippen molar-refractivity contribution in [1.29, 1.82) is 0 Å². The number of carbonyl (C=O) groups excluding carboxylic acids is 1. The molecule has 0 aliphatic carbocycles. The van der Waals surface area contributed by atoms with Crippen LogP contribution in [0.5, 0.6) is 0 Å². The molecule has 0 radical (unpaired) electrons. The van der Waals surface area contributed by atoms with Crippen LogP contribution in [0.25, 0.3) is 11.0 Å². The molecule has 0 unspecified atom stereocenters. The zero-order valence-electron chi connectivity index (χ0n) is 13.4. The lowest BCUT2D eigenvalue weighted by Gasteiger charge is -2.09. The van der Waals surface area contributed by atoms with Crippen molar-refractivity contribution in [3.63, 3.8) is 0 Å². The first-order valence-corrected chi connectivity index (χ1v) is 8.65. The van der Waals surface area contributed by atoms with Crippen molar-refractivity contribution in [2.75, 3.05) is 11.1 Å². The van der Waals surface area contributed by atoms with Crippen LogP contribution in [-0.2, 0) is 11.8 Å². The number of nitrogens with one attached hydrogen (secondary N) is 2. The van der Waals surface area contributed by atoms with Gasteiger partial charge >= 0.3 is 0 Å². The number of carbonyl (C=O) groups is 1. The van der Waals surface area contributed by atoms with E-state index in [2.05, 4.69) is 15.3 Å². The maximum absolute atomic E-state index is 13.2. The van der Waals surface area contributed by atoms with E-state index in [-0.39, 0.29) is 27.9 Å². The Morgan fingerprint density at radius 2 is 2.20 bits per heavy atom. The normalized spacial score (nSPS) is 11.0. The SMILES string of the molecule is Cc1cc2nc(SCC(=O)Nc3cc(F)ccc3Cl)n(C)c(=O)c2[nH]1. The minimum absolute atomic E-state index is 0.00202. The van der Waals surface area contributed by atoms with Crippen LogP contribution in [0, 0.1) is 12.7 Å². The zero-order chi connectivity index (χ0) is 18.1. The van der Waals surface area contributed by atoms with E-state index in [1.165, 1.54) is 16.7 Å². The quantitative estimate of drug-likeness (QED) is 0.538. The molecule has 0 bridgehead atoms. The lowest BCUT2D eigenvalue weighted by atomic mass is 10.3. The second kappa shape index (κ2) is 6.89. The largest absolute Gasteiger partial charge is 0.353 e. The predicted octanol–water partition coefficient (Wildman–Crippen LogP) is 3.09. The van der Waals surface area contributed by atoms with Crippen LogP contribution in [0.15, 0.2) is 34.2 Å². The first-order valence-electron chi connectivity index (χ1n) is 7.29. The zero-order valence-corrected chi connectivity index (χ0v) is 15.0. The van der Waals surface area contributed by atoms with E-state index in [0.29, 0.717) is 16.2 Å². The maximum Gasteiger partial charge on any atom is 0.278 e. The van der Waals surface area contributed by atoms with Crippen molar-refractivity contribution in [2.24, 2.45) is 7.05 Å². The molecule has 9 heteroatoms. The van der Waals surface area contributed by atoms with Crippen LogP contribution in [0.4, 0.5) is 10.1 Å². The summed E-state index contributed by atoms with van der Waals surface area (Å²) in [5.74, 6) is -0.871. The first-order chi connectivity index (χ1) is 11.8. The molecule has 0 saturated carbocycles. The van der Waals surface area contributed by atoms with Crippen LogP contribution in [-0.4, -0.2) is 26.2 Å². The summed E-state index contributed by atoms with van der Waals surface area (Å²) in [4.78, 5) is 31.7. The summed E-state index contributed by atoms with van der Waals surface area (Å²) < 4.78 is 14.6. The van der Waals surface area contributed by atoms with Crippen LogP contribution in [0.1, 0.15) is 5.69 Å². The fourth-order valence-electron chi connectivity index (χ4n) is 2.30. The standard InChI is InChI=1S/C16H14ClFN4O2S/c1-8-5-12-14(19-8)15(24)22(2)16(21-12)25-7-13(23)20-11-6-9(18)3-4-10(11)17/h3-6,19H,7H2,1-2H3,(H,20,23). The Bertz CT molecular complexity index is 1030. The summed E-state index contributed by atoms with van der Waals surface area (Å²) in [6, 6.07) is 5.49. The average Bonchev–Trinajstić information content (AvgIpc) is 2.93. The molecule has 2 aromatic heterocycles. The molecule has 2 N–H and O–H groups in total. The van der Waals surface area contributed by atoms with Crippen molar-refractivity contribution in [1.82, 2.24) is 14.5 Å². The van der Waals surface area contributed by atoms with Crippen molar-refractivity contribution >= 4 is 46.0 Å². The monoisotopic (exact) mass is 380 g/mol. The van der Waals surface area contributed by atoms with E-state index in [0.717, 1.165) is 23.5 Å². The molecule has 1 amide bonds. The molecule has 0 aliphatic rings. The molecule has 3 rings (SSSR count). The number of rotatable bonds is 4. The van der Waals surface area contributed by atoms with E-state index in [1.807, 2.05) is 6.92 Å². The van der Waals surface area contributed by atoms with Crippen LogP contribution in [0.2, 0.25) is 5.02 Å². The predicted molar refractivity (Wildman–Crippen MR) is 96.8 cm³/mol. The minimum atomic E-state index is -0.496. The Morgan fingerprint density at radius 3 is 2.96 bits per heavy atom. The summed E-state index contributed by atoms with van der Waals surface area (Å²) >= 11 is 7.03. The van der Waals surface area contributed by atoms with Gasteiger partial charge in [0.15, 0.2) is 5.16 Å². The second-order valence-electron chi connectivity index (χ2n) is 5.43. The van der Waals surface area contributed by atoms with Crippen molar-refractivity contribution in [3.8, 4) is 0 Å². The molecule has 1 aromatic carbocycles. The molecule has 2 heterocycles. The number of aryl methyl sites for hydroxylation is 1. The van der Waals surface area contributed by atoms with Gasteiger partial charge in [0, 0.05) is 12.7 Å². The highest BCUT2D eigenvalue weighted by atomic mass is 35.5. The average molecular weight is 381 g/mol. The summed E-state index contributed by atoms with van der Waals surface area (Å²) in [7, 11) is 1.59. The Kier molecular flexibility index (Phi) is 4.82. The van der Waals surface area contributed by atoms with Gasteiger partial charge in [-0.25, -0.2) is 9.37 Å². The topological polar surface area (TPSA) is 79.8 Å². The van der Waals surface area contributed by atoms with Gasteiger partial charge in [-0.1, -0.05) is 23.4 Å². The van der Waals surface area contributed by atoms with E-state index in [9.17, 15) is 14.0 Å². The van der Waals surface area contributed by atoms with E-state index < -0.39 is 5.82 Å². The number of fused-ring (bicyclic) bond motifs is 1. The van der Waals surface area contributed by atoms with Gasteiger partial charge in [0.2, 0.25) is 5.91 Å². The maximum atomic E-state index is 13.2. The number of anilines is 1. The molecule has 0 spiro atoms. The molecule has 3 aromatic rings. The van der Waals surface area contributed by atoms with Gasteiger partial charge < -0.3 is 10.3 Å². The minimum Gasteiger partial charge on any atom is -0.353 e. The highest BCUT2D eigenvalue weighted by Gasteiger charge is 2.13. The number of aromatic nitrogens is 3. The Hall–Kier alpha value is -2.32. The van der Waals surface area contributed by atoms with Gasteiger partial charge in [-0.15, -0.1) is 0 Å². The highest BCUT2D eigenvalue weighted by molar-refractivity contribution is 7.99. The van der Waals surface area contributed by atoms with Gasteiger partial charge in [0.1, 0.15) is 11.3 Å². The van der Waals surface area contributed by atoms with Crippen molar-refractivity contribution in [3.05, 3.63) is 51.2 Å². The molecular formula is C16H14ClFN4O2S. The Labute approximate surface area is 151 Å². The van der Waals surface area contributed by atoms with E-state index in [1.54, 1.807) is 13.1 Å². The number of nitrogens with zero attached hydrogens (tertiary/aromatic N) is 2. The molecule has 25 heavy (non-hydrogen) atoms. The number of benzene rings is 1. The Morgan fingerprint density at radius 1 is 1.44 bits per heavy atom. The number of hydrogen-bond acceptors (Lipinski definition) is 4. The third kappa shape index (κ3) is 3.69. The number of aromatic amines is 1. The summed E-state index contributed by atoms with van der Waals surface area (Å²) in [5.41, 5.74) is 1.80. The summed E-state index contributed by atoms with van der Waals surface area (Å²) in [5, 5.41) is 3.20. The van der Waals surface area contributed by atoms with Gasteiger partial charge in [-0.2, -0.15) is 0 Å². The smallest absolute Gasteiger partial charge is 0.278 e. The van der Waals surface area contributed by atoms with Gasteiger partial charge in [-0.3, -0.25) is 14.2 Å². The Balaban J connectivity index is 1.76. The number of halogens is 2. The summed E-state index contributed by atoms with van der Waals surface area (Å²) in [6.07, 6.45) is 0. The van der Waals surface area contributed by atoms with Gasteiger partial charge in [-0.05, 0) is 31.2 Å². The number of H-pyrrole nitrogens is 1. The first kappa shape index (κ1) is 17.5. The second-order valence-corrected chi connectivity index (χ2v) is 6.78. The number of amides is 1. The van der Waals surface area contributed by atoms with Crippen molar-refractivity contribution in [2.45, 2.75) is 12.1 Å². The fraction of sp³-hybridized carbons (Fsp3) is 0.188. The molecule has 0 atom stereocenters. The lowest BCUT2D eigenvalue weighted by Crippen LogP contribution is -2.21. The fourth-order valence-corrected chi connectivity index (χ4v) is 3.23. The number of thioether (sulfide) groups is 1. The van der Waals surface area contributed by atoms with Gasteiger partial charge in [0.25, 0.3) is 5.56 Å². The molecular weight excluding hydrogens is 367 g/mol. The molecule has 6 nitrogen and oxygen atoms in total. The van der Waals surface area contributed by atoms with E-state index >= 15 is 0 Å². The third-order valence-electron chi connectivity index (χ3n) is 3.49. The van der Waals surface area contributed by atoms with Crippen LogP contribution >= 0.6 is 23.4 Å². The molecule has 0 aliphatic heterocycles. The molecule has 130 valence electrons. The molecule has 0 saturated heterocycles. The van der Waals surface area contributed by atoms with Crippen LogP contribution in [0.3, 0.4) is 0 Å². The highest BCUT2D eigenvalue weighted by Crippen LogP contribution is 2.23. The number of hydrogen-bond donors (Lipinski definition) is 2. The summed E-state index contributed by atoms with van der Waals surface area (Å²) in [6.45, 7) is 1.84. The van der Waals surface area contributed by atoms with Crippen LogP contribution < -0.4 is 10.9 Å². The third-order valence-corrected chi connectivity index (χ3v) is 4.85. The van der Waals surface area contributed by atoms with Crippen molar-refractivity contribution < 1.29 is 9.18 Å². The van der Waals surface area contributed by atoms with Gasteiger partial charge in [0.05, 0.1) is 22.0 Å². The van der Waals surface area contributed by atoms with E-state index in [4.69, 9.17) is 11.6 Å². The lowest BCUT2D eigenvalue weighted by molar-refractivity contribution is -0.113. The molecule has 0 fully saturated rings.